The Labute approximate surface area is 177 Å². The van der Waals surface area contributed by atoms with Crippen molar-refractivity contribution in [3.8, 4) is 17.3 Å². The summed E-state index contributed by atoms with van der Waals surface area (Å²) in [5.41, 5.74) is -0.648. The maximum absolute atomic E-state index is 14.6. The van der Waals surface area contributed by atoms with Crippen molar-refractivity contribution >= 4 is 23.3 Å². The molecule has 0 saturated carbocycles. The largest absolute Gasteiger partial charge is 0.476 e. The molecular formula is C21H21FN6O3. The van der Waals surface area contributed by atoms with Crippen LogP contribution in [0.25, 0.3) is 11.5 Å². The van der Waals surface area contributed by atoms with Crippen LogP contribution in [0.2, 0.25) is 0 Å². The Morgan fingerprint density at radius 3 is 2.81 bits per heavy atom. The molecule has 4 rings (SSSR count). The zero-order valence-electron chi connectivity index (χ0n) is 17.4. The van der Waals surface area contributed by atoms with Crippen LogP contribution in [0.5, 0.6) is 5.75 Å². The molecule has 1 aliphatic rings. The summed E-state index contributed by atoms with van der Waals surface area (Å²) < 4.78 is 22.0. The molecule has 0 radical (unpaired) electrons. The summed E-state index contributed by atoms with van der Waals surface area (Å²) in [6.45, 7) is 7.12. The highest BCUT2D eigenvalue weighted by Gasteiger charge is 2.36. The first kappa shape index (κ1) is 20.5. The molecular weight excluding hydrogens is 403 g/mol. The molecule has 0 atom stereocenters. The fourth-order valence-corrected chi connectivity index (χ4v) is 3.12. The molecule has 2 aromatic heterocycles. The van der Waals surface area contributed by atoms with E-state index in [4.69, 9.17) is 4.74 Å². The van der Waals surface area contributed by atoms with Gasteiger partial charge in [-0.25, -0.2) is 9.37 Å². The predicted molar refractivity (Wildman–Crippen MR) is 111 cm³/mol. The van der Waals surface area contributed by atoms with Crippen LogP contribution < -0.4 is 15.4 Å². The molecule has 31 heavy (non-hydrogen) atoms. The van der Waals surface area contributed by atoms with Gasteiger partial charge in [-0.15, -0.1) is 10.2 Å². The lowest BCUT2D eigenvalue weighted by molar-refractivity contribution is -0.129. The maximum atomic E-state index is 14.6. The zero-order chi connectivity index (χ0) is 22.3. The first-order valence-electron chi connectivity index (χ1n) is 9.68. The summed E-state index contributed by atoms with van der Waals surface area (Å²) in [5, 5.41) is 13.2. The number of carbonyl (C=O) groups is 2. The number of hydrogen-bond donors (Lipinski definition) is 2. The summed E-state index contributed by atoms with van der Waals surface area (Å²) in [4.78, 5) is 29.2. The molecule has 3 aromatic rings. The minimum absolute atomic E-state index is 0.122. The van der Waals surface area contributed by atoms with Crippen LogP contribution >= 0.6 is 0 Å². The summed E-state index contributed by atoms with van der Waals surface area (Å²) in [5.74, 6) is -0.950. The lowest BCUT2D eigenvalue weighted by Crippen LogP contribution is -2.45. The Hall–Kier alpha value is -3.82. The summed E-state index contributed by atoms with van der Waals surface area (Å²) in [6.07, 6.45) is 1.60. The van der Waals surface area contributed by atoms with Crippen molar-refractivity contribution in [2.75, 3.05) is 10.6 Å². The molecule has 0 spiro atoms. The quantitative estimate of drug-likeness (QED) is 0.664. The van der Waals surface area contributed by atoms with E-state index in [1.807, 2.05) is 18.4 Å². The van der Waals surface area contributed by atoms with E-state index in [0.717, 1.165) is 6.07 Å². The van der Waals surface area contributed by atoms with Crippen molar-refractivity contribution < 1.29 is 18.7 Å². The molecule has 160 valence electrons. The van der Waals surface area contributed by atoms with Crippen molar-refractivity contribution in [3.63, 3.8) is 0 Å². The molecule has 0 unspecified atom stereocenters. The van der Waals surface area contributed by atoms with Crippen LogP contribution in [0.4, 0.5) is 15.9 Å². The summed E-state index contributed by atoms with van der Waals surface area (Å²) in [7, 11) is 0. The smallest absolute Gasteiger partial charge is 0.268 e. The average molecular weight is 424 g/mol. The molecule has 0 saturated heterocycles. The number of amides is 2. The first-order chi connectivity index (χ1) is 14.7. The lowest BCUT2D eigenvalue weighted by Gasteiger charge is -2.31. The van der Waals surface area contributed by atoms with Crippen molar-refractivity contribution in [3.05, 3.63) is 48.0 Å². The zero-order valence-corrected chi connectivity index (χ0v) is 17.4. The number of nitrogens with zero attached hydrogens (tertiary/aromatic N) is 4. The number of anilines is 2. The predicted octanol–water partition coefficient (Wildman–Crippen LogP) is 3.42. The van der Waals surface area contributed by atoms with Gasteiger partial charge < -0.3 is 19.9 Å². The lowest BCUT2D eigenvalue weighted by atomic mass is 10.0. The minimum atomic E-state index is -1.13. The number of rotatable bonds is 4. The molecule has 0 bridgehead atoms. The number of hydrogen-bond acceptors (Lipinski definition) is 6. The first-order valence-corrected chi connectivity index (χ1v) is 9.68. The van der Waals surface area contributed by atoms with E-state index in [0.29, 0.717) is 11.5 Å². The van der Waals surface area contributed by atoms with E-state index in [1.165, 1.54) is 6.07 Å². The van der Waals surface area contributed by atoms with Gasteiger partial charge in [0.05, 0.1) is 11.3 Å². The van der Waals surface area contributed by atoms with Gasteiger partial charge in [0.15, 0.2) is 11.4 Å². The van der Waals surface area contributed by atoms with Gasteiger partial charge in [-0.05, 0) is 45.9 Å². The number of aromatic nitrogens is 4. The fourth-order valence-electron chi connectivity index (χ4n) is 3.12. The van der Waals surface area contributed by atoms with E-state index in [-0.39, 0.29) is 34.8 Å². The number of fused-ring (bicyclic) bond motifs is 1. The van der Waals surface area contributed by atoms with Gasteiger partial charge in [-0.3, -0.25) is 9.59 Å². The SMILES string of the molecule is CC(C)n1cnnc1-c1cccc(NC(=O)c2cc3c(cc2F)OC(C)(C)C(=O)N3)n1. The second kappa shape index (κ2) is 7.46. The molecule has 0 aliphatic carbocycles. The van der Waals surface area contributed by atoms with Crippen molar-refractivity contribution in [1.82, 2.24) is 19.7 Å². The second-order valence-corrected chi connectivity index (χ2v) is 7.91. The molecule has 3 heterocycles. The van der Waals surface area contributed by atoms with Crippen molar-refractivity contribution in [2.45, 2.75) is 39.3 Å². The minimum Gasteiger partial charge on any atom is -0.476 e. The van der Waals surface area contributed by atoms with Gasteiger partial charge in [-0.1, -0.05) is 6.07 Å². The molecule has 1 aliphatic heterocycles. The molecule has 2 amide bonds. The third-order valence-electron chi connectivity index (χ3n) is 4.82. The molecule has 0 fully saturated rings. The number of pyridine rings is 1. The number of nitrogens with one attached hydrogen (secondary N) is 2. The van der Waals surface area contributed by atoms with Gasteiger partial charge in [0.1, 0.15) is 29.4 Å². The number of ether oxygens (including phenoxy) is 1. The van der Waals surface area contributed by atoms with E-state index >= 15 is 0 Å². The highest BCUT2D eigenvalue weighted by molar-refractivity contribution is 6.07. The van der Waals surface area contributed by atoms with E-state index in [2.05, 4.69) is 25.8 Å². The Bertz CT molecular complexity index is 1190. The Morgan fingerprint density at radius 1 is 1.29 bits per heavy atom. The maximum Gasteiger partial charge on any atom is 0.268 e. The number of benzene rings is 1. The summed E-state index contributed by atoms with van der Waals surface area (Å²) in [6, 6.07) is 7.48. The number of carbonyl (C=O) groups excluding carboxylic acids is 2. The fraction of sp³-hybridized carbons (Fsp3) is 0.286. The van der Waals surface area contributed by atoms with Crippen LogP contribution in [0.3, 0.4) is 0 Å². The molecule has 10 heteroatoms. The standard InChI is InChI=1S/C21H21FN6O3/c1-11(2)28-10-23-27-18(28)14-6-5-7-17(24-14)26-19(29)12-8-15-16(9-13(12)22)31-21(3,4)20(30)25-15/h5-11H,1-4H3,(H,25,30)(H,24,26,29). The van der Waals surface area contributed by atoms with Gasteiger partial charge in [0, 0.05) is 12.1 Å². The van der Waals surface area contributed by atoms with Crippen LogP contribution in [-0.4, -0.2) is 37.2 Å². The Balaban J connectivity index is 1.60. The third kappa shape index (κ3) is 3.83. The molecule has 2 N–H and O–H groups in total. The van der Waals surface area contributed by atoms with Gasteiger partial charge >= 0.3 is 0 Å². The topological polar surface area (TPSA) is 111 Å². The number of halogens is 1. The average Bonchev–Trinajstić information content (AvgIpc) is 3.19. The Kier molecular flexibility index (Phi) is 4.92. The Morgan fingerprint density at radius 2 is 2.06 bits per heavy atom. The second-order valence-electron chi connectivity index (χ2n) is 7.91. The van der Waals surface area contributed by atoms with Gasteiger partial charge in [0.2, 0.25) is 0 Å². The van der Waals surface area contributed by atoms with Crippen LogP contribution in [0.15, 0.2) is 36.7 Å². The monoisotopic (exact) mass is 424 g/mol. The van der Waals surface area contributed by atoms with E-state index < -0.39 is 17.3 Å². The van der Waals surface area contributed by atoms with E-state index in [9.17, 15) is 14.0 Å². The van der Waals surface area contributed by atoms with Crippen LogP contribution in [0.1, 0.15) is 44.1 Å². The van der Waals surface area contributed by atoms with Crippen LogP contribution in [-0.2, 0) is 4.79 Å². The van der Waals surface area contributed by atoms with Crippen molar-refractivity contribution in [2.24, 2.45) is 0 Å². The molecule has 9 nitrogen and oxygen atoms in total. The highest BCUT2D eigenvalue weighted by Crippen LogP contribution is 2.35. The third-order valence-corrected chi connectivity index (χ3v) is 4.82. The summed E-state index contributed by atoms with van der Waals surface area (Å²) >= 11 is 0. The normalized spacial score (nSPS) is 14.6. The van der Waals surface area contributed by atoms with Gasteiger partial charge in [0.25, 0.3) is 11.8 Å². The van der Waals surface area contributed by atoms with Crippen molar-refractivity contribution in [1.29, 1.82) is 0 Å². The highest BCUT2D eigenvalue weighted by atomic mass is 19.1. The van der Waals surface area contributed by atoms with Gasteiger partial charge in [-0.2, -0.15) is 0 Å². The van der Waals surface area contributed by atoms with E-state index in [1.54, 1.807) is 38.4 Å². The molecule has 1 aromatic carbocycles. The van der Waals surface area contributed by atoms with Crippen LogP contribution in [0, 0.1) is 5.82 Å².